The SMILES string of the molecule is CCc1ccc(N=c2scc(-c3ccc(C4CCCCC4)cc3)n2CCc2ccccc2)cc1. The zero-order chi connectivity index (χ0) is 23.2. The second kappa shape index (κ2) is 11.0. The van der Waals surface area contributed by atoms with E-state index in [9.17, 15) is 0 Å². The van der Waals surface area contributed by atoms with E-state index in [1.54, 1.807) is 11.3 Å². The summed E-state index contributed by atoms with van der Waals surface area (Å²) >= 11 is 1.74. The molecular formula is C31H34N2S. The fourth-order valence-electron chi connectivity index (χ4n) is 5.03. The Bertz CT molecular complexity index is 1240. The van der Waals surface area contributed by atoms with Crippen molar-refractivity contribution in [2.75, 3.05) is 0 Å². The molecule has 0 saturated heterocycles. The van der Waals surface area contributed by atoms with Crippen molar-refractivity contribution in [3.05, 3.63) is 106 Å². The molecule has 0 atom stereocenters. The Labute approximate surface area is 207 Å². The van der Waals surface area contributed by atoms with Gasteiger partial charge in [-0.3, -0.25) is 0 Å². The van der Waals surface area contributed by atoms with Crippen LogP contribution in [0.25, 0.3) is 11.3 Å². The molecule has 34 heavy (non-hydrogen) atoms. The number of nitrogens with zero attached hydrogens (tertiary/aromatic N) is 2. The van der Waals surface area contributed by atoms with Crippen molar-refractivity contribution in [3.8, 4) is 11.3 Å². The van der Waals surface area contributed by atoms with E-state index in [0.29, 0.717) is 0 Å². The lowest BCUT2D eigenvalue weighted by Gasteiger charge is -2.22. The predicted octanol–water partition coefficient (Wildman–Crippen LogP) is 8.30. The number of hydrogen-bond donors (Lipinski definition) is 0. The lowest BCUT2D eigenvalue weighted by atomic mass is 9.84. The first kappa shape index (κ1) is 22.9. The van der Waals surface area contributed by atoms with Crippen LogP contribution < -0.4 is 4.80 Å². The van der Waals surface area contributed by atoms with Crippen LogP contribution in [0.3, 0.4) is 0 Å². The van der Waals surface area contributed by atoms with E-state index in [1.807, 2.05) is 0 Å². The summed E-state index contributed by atoms with van der Waals surface area (Å²) in [6, 6.07) is 28.8. The molecule has 5 rings (SSSR count). The highest BCUT2D eigenvalue weighted by Crippen LogP contribution is 2.33. The van der Waals surface area contributed by atoms with E-state index in [-0.39, 0.29) is 0 Å². The molecule has 0 bridgehead atoms. The van der Waals surface area contributed by atoms with Crippen LogP contribution in [0.2, 0.25) is 0 Å². The van der Waals surface area contributed by atoms with Crippen molar-refractivity contribution in [1.29, 1.82) is 0 Å². The molecule has 1 aromatic heterocycles. The predicted molar refractivity (Wildman–Crippen MR) is 145 cm³/mol. The van der Waals surface area contributed by atoms with E-state index >= 15 is 0 Å². The maximum Gasteiger partial charge on any atom is 0.190 e. The third kappa shape index (κ3) is 5.42. The van der Waals surface area contributed by atoms with Gasteiger partial charge in [0.15, 0.2) is 4.80 Å². The van der Waals surface area contributed by atoms with Crippen LogP contribution in [0.5, 0.6) is 0 Å². The minimum Gasteiger partial charge on any atom is -0.316 e. The lowest BCUT2D eigenvalue weighted by molar-refractivity contribution is 0.443. The van der Waals surface area contributed by atoms with Crippen LogP contribution in [0, 0.1) is 0 Å². The van der Waals surface area contributed by atoms with Crippen molar-refractivity contribution in [2.24, 2.45) is 4.99 Å². The second-order valence-corrected chi connectivity index (χ2v) is 10.2. The van der Waals surface area contributed by atoms with Gasteiger partial charge in [-0.1, -0.05) is 92.9 Å². The molecule has 1 heterocycles. The Morgan fingerprint density at radius 2 is 1.56 bits per heavy atom. The molecule has 2 nitrogen and oxygen atoms in total. The number of aromatic nitrogens is 1. The first-order valence-electron chi connectivity index (χ1n) is 12.8. The first-order valence-corrected chi connectivity index (χ1v) is 13.6. The van der Waals surface area contributed by atoms with Gasteiger partial charge in [0.25, 0.3) is 0 Å². The van der Waals surface area contributed by atoms with Crippen molar-refractivity contribution in [1.82, 2.24) is 4.57 Å². The Balaban J connectivity index is 1.47. The van der Waals surface area contributed by atoms with Crippen LogP contribution in [0.4, 0.5) is 5.69 Å². The molecule has 0 amide bonds. The van der Waals surface area contributed by atoms with Crippen LogP contribution in [-0.4, -0.2) is 4.57 Å². The topological polar surface area (TPSA) is 17.3 Å². The highest BCUT2D eigenvalue weighted by molar-refractivity contribution is 7.07. The van der Waals surface area contributed by atoms with E-state index in [2.05, 4.69) is 95.7 Å². The fourth-order valence-corrected chi connectivity index (χ4v) is 5.99. The summed E-state index contributed by atoms with van der Waals surface area (Å²) in [7, 11) is 0. The van der Waals surface area contributed by atoms with E-state index in [0.717, 1.165) is 35.8 Å². The number of hydrogen-bond acceptors (Lipinski definition) is 2. The van der Waals surface area contributed by atoms with Crippen molar-refractivity contribution in [2.45, 2.75) is 64.3 Å². The standard InChI is InChI=1S/C31H34N2S/c1-2-24-13-19-29(20-14-24)32-31-33(22-21-25-9-5-3-6-10-25)30(23-34-31)28-17-15-27(16-18-28)26-11-7-4-8-12-26/h3,5-6,9-10,13-20,23,26H,2,4,7-8,11-12,21-22H2,1H3. The Morgan fingerprint density at radius 1 is 0.824 bits per heavy atom. The zero-order valence-corrected chi connectivity index (χ0v) is 20.9. The molecule has 174 valence electrons. The van der Waals surface area contributed by atoms with Crippen molar-refractivity contribution in [3.63, 3.8) is 0 Å². The Hall–Kier alpha value is -2.91. The average Bonchev–Trinajstić information content (AvgIpc) is 3.31. The minimum atomic E-state index is 0.743. The first-order chi connectivity index (χ1) is 16.8. The molecule has 0 aliphatic heterocycles. The van der Waals surface area contributed by atoms with Crippen LogP contribution in [0.15, 0.2) is 89.2 Å². The van der Waals surface area contributed by atoms with Crippen LogP contribution in [0.1, 0.15) is 61.6 Å². The average molecular weight is 467 g/mol. The van der Waals surface area contributed by atoms with Gasteiger partial charge in [-0.25, -0.2) is 4.99 Å². The molecule has 4 aromatic rings. The molecule has 3 aromatic carbocycles. The molecular weight excluding hydrogens is 432 g/mol. The van der Waals surface area contributed by atoms with E-state index in [4.69, 9.17) is 4.99 Å². The number of rotatable bonds is 7. The Kier molecular flexibility index (Phi) is 7.40. The van der Waals surface area contributed by atoms with Gasteiger partial charge < -0.3 is 4.57 Å². The summed E-state index contributed by atoms with van der Waals surface area (Å²) in [5.74, 6) is 0.743. The molecule has 1 saturated carbocycles. The van der Waals surface area contributed by atoms with Gasteiger partial charge >= 0.3 is 0 Å². The van der Waals surface area contributed by atoms with Crippen molar-refractivity contribution >= 4 is 17.0 Å². The largest absolute Gasteiger partial charge is 0.316 e. The van der Waals surface area contributed by atoms with Gasteiger partial charge in [0, 0.05) is 11.9 Å². The molecule has 0 spiro atoms. The van der Waals surface area contributed by atoms with Gasteiger partial charge in [0.1, 0.15) is 0 Å². The third-order valence-corrected chi connectivity index (χ3v) is 7.98. The summed E-state index contributed by atoms with van der Waals surface area (Å²) < 4.78 is 2.40. The molecule has 1 aliphatic rings. The fraction of sp³-hybridized carbons (Fsp3) is 0.323. The van der Waals surface area contributed by atoms with Crippen molar-refractivity contribution < 1.29 is 0 Å². The van der Waals surface area contributed by atoms with Crippen LogP contribution in [-0.2, 0) is 19.4 Å². The quantitative estimate of drug-likeness (QED) is 0.261. The summed E-state index contributed by atoms with van der Waals surface area (Å²) in [6.07, 6.45) is 8.88. The highest BCUT2D eigenvalue weighted by atomic mass is 32.1. The highest BCUT2D eigenvalue weighted by Gasteiger charge is 2.16. The van der Waals surface area contributed by atoms with Gasteiger partial charge in [0.2, 0.25) is 0 Å². The molecule has 1 aliphatic carbocycles. The number of aryl methyl sites for hydroxylation is 2. The zero-order valence-electron chi connectivity index (χ0n) is 20.1. The summed E-state index contributed by atoms with van der Waals surface area (Å²) in [6.45, 7) is 3.11. The van der Waals surface area contributed by atoms with E-state index < -0.39 is 0 Å². The van der Waals surface area contributed by atoms with Gasteiger partial charge in [0.05, 0.1) is 11.4 Å². The molecule has 0 unspecified atom stereocenters. The van der Waals surface area contributed by atoms with Crippen LogP contribution >= 0.6 is 11.3 Å². The smallest absolute Gasteiger partial charge is 0.190 e. The number of benzene rings is 3. The summed E-state index contributed by atoms with van der Waals surface area (Å²) in [4.78, 5) is 6.11. The Morgan fingerprint density at radius 3 is 2.26 bits per heavy atom. The van der Waals surface area contributed by atoms with Gasteiger partial charge in [-0.2, -0.15) is 0 Å². The third-order valence-electron chi connectivity index (χ3n) is 7.12. The second-order valence-electron chi connectivity index (χ2n) is 9.38. The maximum atomic E-state index is 5.05. The maximum absolute atomic E-state index is 5.05. The minimum absolute atomic E-state index is 0.743. The summed E-state index contributed by atoms with van der Waals surface area (Å²) in [5, 5.41) is 2.28. The van der Waals surface area contributed by atoms with E-state index in [1.165, 1.54) is 60.1 Å². The molecule has 0 radical (unpaired) electrons. The monoisotopic (exact) mass is 466 g/mol. The number of thiazole rings is 1. The normalized spacial score (nSPS) is 15.0. The van der Waals surface area contributed by atoms with Gasteiger partial charge in [-0.05, 0) is 66.0 Å². The van der Waals surface area contributed by atoms with Gasteiger partial charge in [-0.15, -0.1) is 11.3 Å². The molecule has 0 N–H and O–H groups in total. The molecule has 3 heteroatoms. The summed E-state index contributed by atoms with van der Waals surface area (Å²) in [5.41, 5.74) is 7.78. The lowest BCUT2D eigenvalue weighted by Crippen LogP contribution is -2.17. The molecule has 1 fully saturated rings.